The Morgan fingerprint density at radius 1 is 0.811 bits per heavy atom. The van der Waals surface area contributed by atoms with Crippen molar-refractivity contribution in [2.75, 3.05) is 13.7 Å². The molecule has 188 valence electrons. The van der Waals surface area contributed by atoms with Crippen molar-refractivity contribution in [3.63, 3.8) is 0 Å². The van der Waals surface area contributed by atoms with Crippen LogP contribution >= 0.6 is 0 Å². The van der Waals surface area contributed by atoms with Gasteiger partial charge in [-0.3, -0.25) is 14.6 Å². The molecule has 1 amide bonds. The van der Waals surface area contributed by atoms with Crippen LogP contribution < -0.4 is 9.47 Å². The summed E-state index contributed by atoms with van der Waals surface area (Å²) in [5, 5.41) is 0. The van der Waals surface area contributed by atoms with Gasteiger partial charge in [0.05, 0.1) is 7.11 Å². The van der Waals surface area contributed by atoms with Crippen molar-refractivity contribution in [3.05, 3.63) is 125 Å². The summed E-state index contributed by atoms with van der Waals surface area (Å²) in [5.74, 6) is 1.10. The summed E-state index contributed by atoms with van der Waals surface area (Å²) in [6, 6.07) is 28.2. The smallest absolute Gasteiger partial charge is 0.254 e. The molecule has 0 aliphatic rings. The summed E-state index contributed by atoms with van der Waals surface area (Å²) in [7, 11) is 1.61. The van der Waals surface area contributed by atoms with E-state index in [0.29, 0.717) is 48.7 Å². The van der Waals surface area contributed by atoms with Crippen LogP contribution in [0.5, 0.6) is 11.5 Å². The van der Waals surface area contributed by atoms with Crippen LogP contribution in [0.3, 0.4) is 0 Å². The van der Waals surface area contributed by atoms with Crippen LogP contribution in [-0.2, 0) is 19.6 Å². The minimum Gasteiger partial charge on any atom is -0.493 e. The first-order valence-electron chi connectivity index (χ1n) is 12.2. The molecule has 0 atom stereocenters. The third-order valence-corrected chi connectivity index (χ3v) is 6.03. The molecule has 0 fully saturated rings. The van der Waals surface area contributed by atoms with Gasteiger partial charge in [-0.15, -0.1) is 0 Å². The Labute approximate surface area is 217 Å². The van der Waals surface area contributed by atoms with Gasteiger partial charge in [0, 0.05) is 42.5 Å². The molecule has 4 rings (SSSR count). The lowest BCUT2D eigenvalue weighted by Crippen LogP contribution is -2.32. The number of pyridine rings is 1. The maximum atomic E-state index is 13.5. The fraction of sp³-hybridized carbons (Fsp3) is 0.194. The predicted molar refractivity (Wildman–Crippen MR) is 143 cm³/mol. The van der Waals surface area contributed by atoms with Crippen LogP contribution in [0.25, 0.3) is 0 Å². The van der Waals surface area contributed by atoms with Gasteiger partial charge < -0.3 is 14.4 Å². The van der Waals surface area contributed by atoms with Gasteiger partial charge in [-0.05, 0) is 54.4 Å². The van der Waals surface area contributed by atoms with E-state index in [0.717, 1.165) is 16.8 Å². The number of hydrogen-bond acceptors (Lipinski definition) is 5. The summed E-state index contributed by atoms with van der Waals surface area (Å²) in [5.41, 5.74) is 4.00. The number of rotatable bonds is 11. The molecule has 0 aliphatic heterocycles. The van der Waals surface area contributed by atoms with Gasteiger partial charge in [0.15, 0.2) is 17.3 Å². The zero-order valence-electron chi connectivity index (χ0n) is 21.1. The number of benzene rings is 3. The molecule has 0 N–H and O–H groups in total. The van der Waals surface area contributed by atoms with Crippen molar-refractivity contribution in [1.82, 2.24) is 9.88 Å². The molecule has 0 spiro atoms. The van der Waals surface area contributed by atoms with E-state index in [2.05, 4.69) is 4.98 Å². The number of methoxy groups -OCH3 is 1. The molecule has 0 radical (unpaired) electrons. The van der Waals surface area contributed by atoms with Gasteiger partial charge in [0.1, 0.15) is 6.61 Å². The number of aromatic nitrogens is 1. The van der Waals surface area contributed by atoms with Gasteiger partial charge >= 0.3 is 0 Å². The molecule has 0 aliphatic carbocycles. The summed E-state index contributed by atoms with van der Waals surface area (Å²) in [6.45, 7) is 2.81. The molecule has 1 heterocycles. The Hall–Kier alpha value is -4.45. The van der Waals surface area contributed by atoms with E-state index < -0.39 is 0 Å². The molecule has 6 heteroatoms. The molecule has 6 nitrogen and oxygen atoms in total. The molecule has 4 aromatic rings. The largest absolute Gasteiger partial charge is 0.493 e. The van der Waals surface area contributed by atoms with Crippen LogP contribution in [0.15, 0.2) is 97.2 Å². The number of ether oxygens (including phenoxy) is 2. The first-order valence-corrected chi connectivity index (χ1v) is 12.2. The average molecular weight is 495 g/mol. The van der Waals surface area contributed by atoms with E-state index in [1.165, 1.54) is 6.92 Å². The zero-order chi connectivity index (χ0) is 26.0. The number of hydrogen-bond donors (Lipinski definition) is 0. The van der Waals surface area contributed by atoms with Crippen molar-refractivity contribution < 1.29 is 19.1 Å². The quantitative estimate of drug-likeness (QED) is 0.248. The third kappa shape index (κ3) is 7.04. The van der Waals surface area contributed by atoms with Crippen LogP contribution in [0.2, 0.25) is 0 Å². The topological polar surface area (TPSA) is 68.7 Å². The molecule has 0 saturated heterocycles. The summed E-state index contributed by atoms with van der Waals surface area (Å²) < 4.78 is 11.6. The van der Waals surface area contributed by atoms with Gasteiger partial charge in [-0.2, -0.15) is 0 Å². The van der Waals surface area contributed by atoms with E-state index in [4.69, 9.17) is 9.47 Å². The highest BCUT2D eigenvalue weighted by atomic mass is 16.5. The Balaban J connectivity index is 1.52. The van der Waals surface area contributed by atoms with Crippen molar-refractivity contribution in [2.24, 2.45) is 0 Å². The second-order valence-corrected chi connectivity index (χ2v) is 8.69. The van der Waals surface area contributed by atoms with Crippen LogP contribution in [0, 0.1) is 0 Å². The van der Waals surface area contributed by atoms with Crippen molar-refractivity contribution in [1.29, 1.82) is 0 Å². The molecule has 0 bridgehead atoms. The summed E-state index contributed by atoms with van der Waals surface area (Å²) >= 11 is 0. The van der Waals surface area contributed by atoms with E-state index in [9.17, 15) is 9.59 Å². The summed E-state index contributed by atoms with van der Waals surface area (Å²) in [4.78, 5) is 31.3. The number of nitrogens with zero attached hydrogens (tertiary/aromatic N) is 2. The van der Waals surface area contributed by atoms with Crippen molar-refractivity contribution in [2.45, 2.75) is 26.5 Å². The number of Topliss-reactive ketones (excluding diaryl/α,β-unsaturated/α-hetero) is 1. The van der Waals surface area contributed by atoms with Crippen molar-refractivity contribution >= 4 is 11.7 Å². The van der Waals surface area contributed by atoms with E-state index in [-0.39, 0.29) is 11.7 Å². The average Bonchev–Trinajstić information content (AvgIpc) is 2.95. The second kappa shape index (κ2) is 12.5. The molecule has 0 saturated carbocycles. The lowest BCUT2D eigenvalue weighted by Gasteiger charge is -2.24. The number of amides is 1. The van der Waals surface area contributed by atoms with Gasteiger partial charge in [-0.25, -0.2) is 0 Å². The van der Waals surface area contributed by atoms with Crippen LogP contribution in [0.1, 0.15) is 44.5 Å². The fourth-order valence-electron chi connectivity index (χ4n) is 3.96. The normalized spacial score (nSPS) is 10.5. The minimum absolute atomic E-state index is 0.0346. The standard InChI is InChI=1S/C31H30N2O4/c1-23(34)26-12-14-27(15-13-26)31(35)33(19-17-28-10-6-7-18-32-28)21-25-11-16-29(30(20-25)36-2)37-22-24-8-4-3-5-9-24/h3-16,18,20H,17,19,21-22H2,1-2H3. The minimum atomic E-state index is -0.116. The van der Waals surface area contributed by atoms with Gasteiger partial charge in [-0.1, -0.05) is 54.6 Å². The highest BCUT2D eigenvalue weighted by molar-refractivity contribution is 5.97. The molecule has 3 aromatic carbocycles. The van der Waals surface area contributed by atoms with Gasteiger partial charge in [0.2, 0.25) is 0 Å². The second-order valence-electron chi connectivity index (χ2n) is 8.69. The first-order chi connectivity index (χ1) is 18.0. The predicted octanol–water partition coefficient (Wildman–Crippen LogP) is 5.76. The van der Waals surface area contributed by atoms with E-state index in [1.54, 1.807) is 42.5 Å². The Morgan fingerprint density at radius 2 is 1.54 bits per heavy atom. The highest BCUT2D eigenvalue weighted by Crippen LogP contribution is 2.29. The lowest BCUT2D eigenvalue weighted by atomic mass is 10.1. The number of carbonyl (C=O) groups excluding carboxylic acids is 2. The van der Waals surface area contributed by atoms with Crippen LogP contribution in [0.4, 0.5) is 0 Å². The van der Waals surface area contributed by atoms with E-state index >= 15 is 0 Å². The maximum Gasteiger partial charge on any atom is 0.254 e. The van der Waals surface area contributed by atoms with Crippen LogP contribution in [-0.4, -0.2) is 35.2 Å². The SMILES string of the molecule is COc1cc(CN(CCc2ccccn2)C(=O)c2ccc(C(C)=O)cc2)ccc1OCc1ccccc1. The summed E-state index contributed by atoms with van der Waals surface area (Å²) in [6.07, 6.45) is 2.37. The molecule has 0 unspecified atom stereocenters. The molecule has 1 aromatic heterocycles. The lowest BCUT2D eigenvalue weighted by molar-refractivity contribution is 0.0744. The monoisotopic (exact) mass is 494 g/mol. The maximum absolute atomic E-state index is 13.5. The van der Waals surface area contributed by atoms with E-state index in [1.807, 2.05) is 66.7 Å². The molecular weight excluding hydrogens is 464 g/mol. The Kier molecular flexibility index (Phi) is 8.66. The number of carbonyl (C=O) groups is 2. The third-order valence-electron chi connectivity index (χ3n) is 6.03. The Bertz CT molecular complexity index is 1320. The highest BCUT2D eigenvalue weighted by Gasteiger charge is 2.18. The molecule has 37 heavy (non-hydrogen) atoms. The fourth-order valence-corrected chi connectivity index (χ4v) is 3.96. The van der Waals surface area contributed by atoms with Crippen molar-refractivity contribution in [3.8, 4) is 11.5 Å². The number of ketones is 1. The molecular formula is C31H30N2O4. The first kappa shape index (κ1) is 25.6. The van der Waals surface area contributed by atoms with Gasteiger partial charge in [0.25, 0.3) is 5.91 Å². The zero-order valence-corrected chi connectivity index (χ0v) is 21.1. The Morgan fingerprint density at radius 3 is 2.22 bits per heavy atom.